The first kappa shape index (κ1) is 35.9. The van der Waals surface area contributed by atoms with Crippen LogP contribution in [0.25, 0.3) is 0 Å². The fraction of sp³-hybridized carbons (Fsp3) is 0.640. The molecule has 0 aliphatic rings. The number of hydrogen-bond donors (Lipinski definition) is 10. The second kappa shape index (κ2) is 17.0. The van der Waals surface area contributed by atoms with Crippen molar-refractivity contribution in [3.05, 3.63) is 18.2 Å². The monoisotopic (exact) mass is 598 g/mol. The van der Waals surface area contributed by atoms with Gasteiger partial charge in [0.1, 0.15) is 24.2 Å². The smallest absolute Gasteiger partial charge is 0.325 e. The van der Waals surface area contributed by atoms with Crippen LogP contribution in [0.1, 0.15) is 46.7 Å². The maximum atomic E-state index is 13.3. The van der Waals surface area contributed by atoms with Crippen LogP contribution in [0.4, 0.5) is 0 Å². The van der Waals surface area contributed by atoms with Crippen molar-refractivity contribution in [3.8, 4) is 0 Å². The number of aliphatic hydroxyl groups excluding tert-OH is 2. The second-order valence-corrected chi connectivity index (χ2v) is 10.1. The Kier molecular flexibility index (Phi) is 14.5. The van der Waals surface area contributed by atoms with Gasteiger partial charge >= 0.3 is 5.97 Å². The van der Waals surface area contributed by atoms with Crippen LogP contribution in [0, 0.1) is 5.92 Å². The van der Waals surface area contributed by atoms with E-state index < -0.39 is 84.5 Å². The molecule has 0 spiro atoms. The lowest BCUT2D eigenvalue weighted by molar-refractivity contribution is -0.141. The molecule has 0 radical (unpaired) electrons. The van der Waals surface area contributed by atoms with Crippen molar-refractivity contribution in [2.45, 2.75) is 89.9 Å². The molecule has 0 aliphatic carbocycles. The summed E-state index contributed by atoms with van der Waals surface area (Å²) in [5, 5.41) is 40.8. The molecule has 1 heterocycles. The maximum absolute atomic E-state index is 13.3. The lowest BCUT2D eigenvalue weighted by atomic mass is 9.98. The normalized spacial score (nSPS) is 16.8. The highest BCUT2D eigenvalue weighted by atomic mass is 16.4. The number of amides is 5. The van der Waals surface area contributed by atoms with E-state index in [1.165, 1.54) is 33.3 Å². The predicted octanol–water partition coefficient (Wildman–Crippen LogP) is -3.75. The molecule has 11 N–H and O–H groups in total. The number of H-pyrrole nitrogens is 1. The minimum absolute atomic E-state index is 0.159. The number of carbonyl (C=O) groups is 6. The van der Waals surface area contributed by atoms with Gasteiger partial charge in [0.15, 0.2) is 0 Å². The molecule has 17 heteroatoms. The quantitative estimate of drug-likeness (QED) is 0.0831. The summed E-state index contributed by atoms with van der Waals surface area (Å²) in [7, 11) is 0. The summed E-state index contributed by atoms with van der Waals surface area (Å²) in [6.07, 6.45) is 0.333. The van der Waals surface area contributed by atoms with Gasteiger partial charge in [-0.15, -0.1) is 0 Å². The third kappa shape index (κ3) is 11.4. The molecule has 1 aromatic heterocycles. The number of nitrogens with one attached hydrogen (secondary N) is 6. The fourth-order valence-electron chi connectivity index (χ4n) is 3.54. The van der Waals surface area contributed by atoms with Crippen molar-refractivity contribution >= 4 is 35.5 Å². The molecular formula is C25H42N8O9. The summed E-state index contributed by atoms with van der Waals surface area (Å²) in [6, 6.07) is -6.60. The van der Waals surface area contributed by atoms with E-state index in [1.54, 1.807) is 6.92 Å². The Bertz CT molecular complexity index is 1080. The molecule has 17 nitrogen and oxygen atoms in total. The Balaban J connectivity index is 3.05. The van der Waals surface area contributed by atoms with Crippen LogP contribution >= 0.6 is 0 Å². The number of hydrogen-bond acceptors (Lipinski definition) is 10. The average Bonchev–Trinajstić information content (AvgIpc) is 3.44. The van der Waals surface area contributed by atoms with Crippen LogP contribution in [0.2, 0.25) is 0 Å². The van der Waals surface area contributed by atoms with Gasteiger partial charge in [0, 0.05) is 18.3 Å². The number of imidazole rings is 1. The number of aliphatic hydroxyl groups is 2. The van der Waals surface area contributed by atoms with E-state index in [-0.39, 0.29) is 12.3 Å². The van der Waals surface area contributed by atoms with Gasteiger partial charge in [-0.1, -0.05) is 20.3 Å². The zero-order valence-corrected chi connectivity index (χ0v) is 24.2. The van der Waals surface area contributed by atoms with Crippen molar-refractivity contribution in [2.24, 2.45) is 11.7 Å². The molecule has 236 valence electrons. The van der Waals surface area contributed by atoms with Gasteiger partial charge in [0.25, 0.3) is 0 Å². The zero-order chi connectivity index (χ0) is 32.1. The molecule has 1 rings (SSSR count). The summed E-state index contributed by atoms with van der Waals surface area (Å²) in [6.45, 7) is 6.65. The average molecular weight is 599 g/mol. The van der Waals surface area contributed by atoms with Gasteiger partial charge in [0.05, 0.1) is 31.1 Å². The van der Waals surface area contributed by atoms with Crippen LogP contribution < -0.4 is 32.3 Å². The summed E-state index contributed by atoms with van der Waals surface area (Å²) >= 11 is 0. The number of rotatable bonds is 17. The molecule has 0 aromatic carbocycles. The van der Waals surface area contributed by atoms with Gasteiger partial charge < -0.3 is 52.6 Å². The summed E-state index contributed by atoms with van der Waals surface area (Å²) in [5.41, 5.74) is 6.35. The van der Waals surface area contributed by atoms with Crippen LogP contribution in [-0.2, 0) is 35.2 Å². The molecule has 8 atom stereocenters. The van der Waals surface area contributed by atoms with Crippen molar-refractivity contribution in [1.29, 1.82) is 0 Å². The van der Waals surface area contributed by atoms with Crippen molar-refractivity contribution < 1.29 is 44.1 Å². The number of carbonyl (C=O) groups excluding carboxylic acids is 5. The lowest BCUT2D eigenvalue weighted by Crippen LogP contribution is -2.62. The summed E-state index contributed by atoms with van der Waals surface area (Å²) in [5.74, 6) is -5.80. The van der Waals surface area contributed by atoms with Crippen molar-refractivity contribution in [1.82, 2.24) is 36.6 Å². The minimum Gasteiger partial charge on any atom is -0.480 e. The molecular weight excluding hydrogens is 556 g/mol. The highest BCUT2D eigenvalue weighted by Crippen LogP contribution is 2.07. The molecule has 0 unspecified atom stereocenters. The summed E-state index contributed by atoms with van der Waals surface area (Å²) in [4.78, 5) is 81.1. The molecule has 42 heavy (non-hydrogen) atoms. The minimum atomic E-state index is -1.58. The first-order valence-electron chi connectivity index (χ1n) is 13.4. The van der Waals surface area contributed by atoms with Gasteiger partial charge in [-0.05, 0) is 26.7 Å². The van der Waals surface area contributed by atoms with E-state index in [2.05, 4.69) is 36.6 Å². The molecule has 0 bridgehead atoms. The third-order valence-corrected chi connectivity index (χ3v) is 6.47. The predicted molar refractivity (Wildman–Crippen MR) is 147 cm³/mol. The van der Waals surface area contributed by atoms with Gasteiger partial charge in [-0.25, -0.2) is 4.98 Å². The highest BCUT2D eigenvalue weighted by Gasteiger charge is 2.34. The van der Waals surface area contributed by atoms with E-state index in [0.29, 0.717) is 12.1 Å². The topological polar surface area (TPSA) is 278 Å². The Morgan fingerprint density at radius 1 is 0.881 bits per heavy atom. The van der Waals surface area contributed by atoms with E-state index in [4.69, 9.17) is 10.8 Å². The summed E-state index contributed by atoms with van der Waals surface area (Å²) < 4.78 is 0. The fourth-order valence-corrected chi connectivity index (χ4v) is 3.54. The maximum Gasteiger partial charge on any atom is 0.325 e. The SMILES string of the molecule is CC[C@H](C)[C@H](N)C(=O)N[C@H](C(=O)N[C@@H](Cc1cnc[nH]1)C(=O)N[C@H](C(=O)NCC(=O)N[C@@H](C)C(=O)O)[C@@H](C)O)[C@@H](C)O. The van der Waals surface area contributed by atoms with Gasteiger partial charge in [0.2, 0.25) is 29.5 Å². The Morgan fingerprint density at radius 2 is 1.45 bits per heavy atom. The van der Waals surface area contributed by atoms with Crippen LogP contribution in [0.3, 0.4) is 0 Å². The molecule has 5 amide bonds. The lowest BCUT2D eigenvalue weighted by Gasteiger charge is -2.28. The standard InChI is InChI=1S/C25H42N8O9/c1-6-11(2)18(26)22(38)33-20(14(5)35)24(40)31-16(7-15-8-27-10-29-15)21(37)32-19(13(4)34)23(39)28-9-17(36)30-12(3)25(41)42/h8,10-14,16,18-20,34-35H,6-7,9,26H2,1-5H3,(H,27,29)(H,28,39)(H,30,36)(H,31,40)(H,32,37)(H,33,38)(H,41,42)/t11-,12-,13+,14+,16-,18-,19-,20-/m0/s1. The van der Waals surface area contributed by atoms with E-state index >= 15 is 0 Å². The number of carboxylic acid groups (broad SMARTS) is 1. The Labute approximate surface area is 242 Å². The number of carboxylic acids is 1. The molecule has 0 saturated heterocycles. The number of aromatic amines is 1. The number of aliphatic carboxylic acids is 1. The first-order valence-corrected chi connectivity index (χ1v) is 13.4. The van der Waals surface area contributed by atoms with E-state index in [9.17, 15) is 39.0 Å². The van der Waals surface area contributed by atoms with Crippen LogP contribution in [0.5, 0.6) is 0 Å². The first-order chi connectivity index (χ1) is 19.6. The van der Waals surface area contributed by atoms with Crippen LogP contribution in [-0.4, -0.2) is 110 Å². The zero-order valence-electron chi connectivity index (χ0n) is 24.2. The second-order valence-electron chi connectivity index (χ2n) is 10.1. The highest BCUT2D eigenvalue weighted by molar-refractivity contribution is 5.96. The van der Waals surface area contributed by atoms with Crippen molar-refractivity contribution in [2.75, 3.05) is 6.54 Å². The third-order valence-electron chi connectivity index (χ3n) is 6.47. The molecule has 0 aliphatic heterocycles. The molecule has 1 aromatic rings. The Morgan fingerprint density at radius 3 is 1.95 bits per heavy atom. The van der Waals surface area contributed by atoms with E-state index in [1.807, 2.05) is 6.92 Å². The molecule has 0 saturated carbocycles. The number of nitrogens with two attached hydrogens (primary N) is 1. The Hall–Kier alpha value is -4.09. The number of nitrogens with zero attached hydrogens (tertiary/aromatic N) is 1. The van der Waals surface area contributed by atoms with Crippen molar-refractivity contribution in [3.63, 3.8) is 0 Å². The van der Waals surface area contributed by atoms with Crippen LogP contribution in [0.15, 0.2) is 12.5 Å². The van der Waals surface area contributed by atoms with E-state index in [0.717, 1.165) is 0 Å². The van der Waals surface area contributed by atoms with Gasteiger partial charge in [-0.3, -0.25) is 28.8 Å². The number of aromatic nitrogens is 2. The molecule has 0 fully saturated rings. The largest absolute Gasteiger partial charge is 0.480 e. The van der Waals surface area contributed by atoms with Gasteiger partial charge in [-0.2, -0.15) is 0 Å².